The molecule has 6 nitrogen and oxygen atoms in total. The molecule has 2 heterocycles. The molecule has 6 heteroatoms. The lowest BCUT2D eigenvalue weighted by atomic mass is 10.2. The van der Waals surface area contributed by atoms with E-state index in [2.05, 4.69) is 15.4 Å². The molecule has 0 unspecified atom stereocenters. The minimum absolute atomic E-state index is 0.189. The summed E-state index contributed by atoms with van der Waals surface area (Å²) in [5.74, 6) is 0.0162. The number of nitrogens with zero attached hydrogens (tertiary/aromatic N) is 3. The van der Waals surface area contributed by atoms with Crippen molar-refractivity contribution in [3.8, 4) is 5.75 Å². The van der Waals surface area contributed by atoms with Crippen molar-refractivity contribution in [2.24, 2.45) is 7.05 Å². The third-order valence-corrected chi connectivity index (χ3v) is 3.51. The first-order valence-electron chi connectivity index (χ1n) is 6.90. The summed E-state index contributed by atoms with van der Waals surface area (Å²) in [7, 11) is 1.83. The van der Waals surface area contributed by atoms with Gasteiger partial charge < -0.3 is 10.4 Å². The minimum Gasteiger partial charge on any atom is -0.508 e. The zero-order chi connectivity index (χ0) is 15.7. The average Bonchev–Trinajstić information content (AvgIpc) is 2.81. The van der Waals surface area contributed by atoms with Crippen LogP contribution in [0.3, 0.4) is 0 Å². The first kappa shape index (κ1) is 14.1. The Hall–Kier alpha value is -2.89. The molecule has 1 aromatic carbocycles. The van der Waals surface area contributed by atoms with Gasteiger partial charge in [0.1, 0.15) is 5.75 Å². The summed E-state index contributed by atoms with van der Waals surface area (Å²) in [5.41, 5.74) is 3.02. The average molecular weight is 296 g/mol. The Bertz CT molecular complexity index is 837. The Morgan fingerprint density at radius 3 is 2.77 bits per heavy atom. The van der Waals surface area contributed by atoms with Gasteiger partial charge in [-0.05, 0) is 30.7 Å². The quantitative estimate of drug-likeness (QED) is 0.773. The number of phenolic OH excluding ortho intramolecular Hbond substituents is 1. The van der Waals surface area contributed by atoms with Crippen molar-refractivity contribution in [2.45, 2.75) is 13.5 Å². The van der Waals surface area contributed by atoms with E-state index in [1.165, 1.54) is 0 Å². The number of aryl methyl sites for hydroxylation is 2. The molecule has 3 rings (SSSR count). The largest absolute Gasteiger partial charge is 0.508 e. The van der Waals surface area contributed by atoms with E-state index in [1.54, 1.807) is 41.2 Å². The number of carbonyl (C=O) groups is 1. The number of hydrogen-bond donors (Lipinski definition) is 2. The highest BCUT2D eigenvalue weighted by Crippen LogP contribution is 2.16. The van der Waals surface area contributed by atoms with Gasteiger partial charge in [0.15, 0.2) is 5.65 Å². The molecule has 0 aliphatic heterocycles. The van der Waals surface area contributed by atoms with Crippen LogP contribution in [-0.2, 0) is 13.6 Å². The standard InChI is InChI=1S/C16H16N4O2/c1-10-14-7-12(9-17-15(14)20(2)19-10)16(22)18-8-11-3-5-13(21)6-4-11/h3-7,9,21H,8H2,1-2H3,(H,18,22). The highest BCUT2D eigenvalue weighted by molar-refractivity contribution is 5.97. The number of aromatic nitrogens is 3. The van der Waals surface area contributed by atoms with Crippen LogP contribution in [0.4, 0.5) is 0 Å². The molecule has 0 fully saturated rings. The molecule has 2 aromatic heterocycles. The molecule has 0 atom stereocenters. The van der Waals surface area contributed by atoms with Gasteiger partial charge in [-0.1, -0.05) is 12.1 Å². The van der Waals surface area contributed by atoms with Crippen molar-refractivity contribution >= 4 is 16.9 Å². The molecule has 0 saturated heterocycles. The number of amides is 1. The van der Waals surface area contributed by atoms with Gasteiger partial charge in [-0.15, -0.1) is 0 Å². The summed E-state index contributed by atoms with van der Waals surface area (Å²) in [6.45, 7) is 2.28. The van der Waals surface area contributed by atoms with E-state index in [9.17, 15) is 9.90 Å². The summed E-state index contributed by atoms with van der Waals surface area (Å²) in [5, 5.41) is 17.2. The second kappa shape index (κ2) is 5.48. The van der Waals surface area contributed by atoms with E-state index < -0.39 is 0 Å². The Morgan fingerprint density at radius 2 is 2.05 bits per heavy atom. The van der Waals surface area contributed by atoms with Gasteiger partial charge >= 0.3 is 0 Å². The van der Waals surface area contributed by atoms with E-state index in [1.807, 2.05) is 14.0 Å². The molecular weight excluding hydrogens is 280 g/mol. The van der Waals surface area contributed by atoms with Crippen LogP contribution < -0.4 is 5.32 Å². The topological polar surface area (TPSA) is 80.0 Å². The van der Waals surface area contributed by atoms with Gasteiger partial charge in [-0.2, -0.15) is 5.10 Å². The number of phenols is 1. The zero-order valence-electron chi connectivity index (χ0n) is 12.4. The van der Waals surface area contributed by atoms with Gasteiger partial charge in [0.2, 0.25) is 0 Å². The third kappa shape index (κ3) is 2.63. The van der Waals surface area contributed by atoms with Crippen LogP contribution in [0.15, 0.2) is 36.5 Å². The molecule has 1 amide bonds. The first-order chi connectivity index (χ1) is 10.5. The van der Waals surface area contributed by atoms with Crippen molar-refractivity contribution < 1.29 is 9.90 Å². The van der Waals surface area contributed by atoms with Crippen LogP contribution in [0.2, 0.25) is 0 Å². The molecule has 0 saturated carbocycles. The van der Waals surface area contributed by atoms with Crippen LogP contribution in [0.1, 0.15) is 21.6 Å². The summed E-state index contributed by atoms with van der Waals surface area (Å²) in [6.07, 6.45) is 1.55. The third-order valence-electron chi connectivity index (χ3n) is 3.51. The van der Waals surface area contributed by atoms with Gasteiger partial charge in [-0.3, -0.25) is 9.48 Å². The summed E-state index contributed by atoms with van der Waals surface area (Å²) >= 11 is 0. The number of benzene rings is 1. The fourth-order valence-electron chi connectivity index (χ4n) is 2.33. The number of fused-ring (bicyclic) bond motifs is 1. The molecule has 2 N–H and O–H groups in total. The van der Waals surface area contributed by atoms with Crippen molar-refractivity contribution in [1.29, 1.82) is 0 Å². The lowest BCUT2D eigenvalue weighted by Gasteiger charge is -2.06. The highest BCUT2D eigenvalue weighted by atomic mass is 16.3. The lowest BCUT2D eigenvalue weighted by molar-refractivity contribution is 0.0950. The van der Waals surface area contributed by atoms with E-state index in [0.29, 0.717) is 12.1 Å². The van der Waals surface area contributed by atoms with Crippen molar-refractivity contribution in [3.63, 3.8) is 0 Å². The highest BCUT2D eigenvalue weighted by Gasteiger charge is 2.11. The number of rotatable bonds is 3. The Kier molecular flexibility index (Phi) is 3.50. The maximum atomic E-state index is 12.2. The Morgan fingerprint density at radius 1 is 1.32 bits per heavy atom. The van der Waals surface area contributed by atoms with E-state index in [0.717, 1.165) is 22.3 Å². The molecule has 0 bridgehead atoms. The molecular formula is C16H16N4O2. The lowest BCUT2D eigenvalue weighted by Crippen LogP contribution is -2.22. The van der Waals surface area contributed by atoms with Gasteiger partial charge in [0.25, 0.3) is 5.91 Å². The van der Waals surface area contributed by atoms with Gasteiger partial charge in [-0.25, -0.2) is 4.98 Å². The Labute approximate surface area is 127 Å². The van der Waals surface area contributed by atoms with Crippen molar-refractivity contribution in [3.05, 3.63) is 53.3 Å². The number of aromatic hydroxyl groups is 1. The number of pyridine rings is 1. The maximum absolute atomic E-state index is 12.2. The van der Waals surface area contributed by atoms with Crippen molar-refractivity contribution in [2.75, 3.05) is 0 Å². The number of hydrogen-bond acceptors (Lipinski definition) is 4. The molecule has 0 spiro atoms. The first-order valence-corrected chi connectivity index (χ1v) is 6.90. The van der Waals surface area contributed by atoms with Crippen molar-refractivity contribution in [1.82, 2.24) is 20.1 Å². The fourth-order valence-corrected chi connectivity index (χ4v) is 2.33. The van der Waals surface area contributed by atoms with E-state index >= 15 is 0 Å². The van der Waals surface area contributed by atoms with E-state index in [-0.39, 0.29) is 11.7 Å². The van der Waals surface area contributed by atoms with Crippen LogP contribution in [0, 0.1) is 6.92 Å². The monoisotopic (exact) mass is 296 g/mol. The number of carbonyl (C=O) groups excluding carboxylic acids is 1. The van der Waals surface area contributed by atoms with Crippen LogP contribution in [-0.4, -0.2) is 25.8 Å². The zero-order valence-corrected chi connectivity index (χ0v) is 12.4. The predicted octanol–water partition coefficient (Wildman–Crippen LogP) is 1.91. The maximum Gasteiger partial charge on any atom is 0.253 e. The SMILES string of the molecule is Cc1nn(C)c2ncc(C(=O)NCc3ccc(O)cc3)cc12. The molecule has 0 aliphatic carbocycles. The second-order valence-electron chi connectivity index (χ2n) is 5.15. The van der Waals surface area contributed by atoms with Crippen LogP contribution in [0.25, 0.3) is 11.0 Å². The minimum atomic E-state index is -0.189. The summed E-state index contributed by atoms with van der Waals surface area (Å²) < 4.78 is 1.70. The second-order valence-corrected chi connectivity index (χ2v) is 5.15. The summed E-state index contributed by atoms with van der Waals surface area (Å²) in [4.78, 5) is 16.5. The molecule has 0 aliphatic rings. The molecule has 22 heavy (non-hydrogen) atoms. The summed E-state index contributed by atoms with van der Waals surface area (Å²) in [6, 6.07) is 8.52. The molecule has 3 aromatic rings. The molecule has 112 valence electrons. The number of nitrogens with one attached hydrogen (secondary N) is 1. The molecule has 0 radical (unpaired) electrons. The van der Waals surface area contributed by atoms with Gasteiger partial charge in [0, 0.05) is 25.2 Å². The smallest absolute Gasteiger partial charge is 0.253 e. The van der Waals surface area contributed by atoms with Gasteiger partial charge in [0.05, 0.1) is 11.3 Å². The predicted molar refractivity (Wildman–Crippen MR) is 82.5 cm³/mol. The Balaban J connectivity index is 1.77. The van der Waals surface area contributed by atoms with E-state index in [4.69, 9.17) is 0 Å². The normalized spacial score (nSPS) is 10.8. The van der Waals surface area contributed by atoms with Crippen LogP contribution in [0.5, 0.6) is 5.75 Å². The fraction of sp³-hybridized carbons (Fsp3) is 0.188. The van der Waals surface area contributed by atoms with Crippen LogP contribution >= 0.6 is 0 Å².